The molecule has 0 unspecified atom stereocenters. The monoisotopic (exact) mass is 312 g/mol. The van der Waals surface area contributed by atoms with Gasteiger partial charge in [0.15, 0.2) is 9.84 Å². The summed E-state index contributed by atoms with van der Waals surface area (Å²) in [4.78, 5) is 12.3. The summed E-state index contributed by atoms with van der Waals surface area (Å²) in [5, 5.41) is 5.94. The first-order valence-corrected chi connectivity index (χ1v) is 8.69. The number of carbonyl (C=O) groups excluding carboxylic acids is 1. The van der Waals surface area contributed by atoms with Gasteiger partial charge in [-0.05, 0) is 24.6 Å². The number of sulfone groups is 1. The Kier molecular flexibility index (Phi) is 4.97. The maximum Gasteiger partial charge on any atom is 0.240 e. The van der Waals surface area contributed by atoms with E-state index in [2.05, 4.69) is 10.6 Å². The van der Waals surface area contributed by atoms with Gasteiger partial charge in [0.1, 0.15) is 6.04 Å². The smallest absolute Gasteiger partial charge is 0.240 e. The van der Waals surface area contributed by atoms with Crippen molar-refractivity contribution in [3.63, 3.8) is 0 Å². The van der Waals surface area contributed by atoms with Gasteiger partial charge in [-0.1, -0.05) is 12.1 Å². The molecule has 0 bridgehead atoms. The van der Waals surface area contributed by atoms with Crippen LogP contribution in [0.5, 0.6) is 0 Å². The number of hydrogen-bond acceptors (Lipinski definition) is 5. The molecule has 1 heterocycles. The van der Waals surface area contributed by atoms with Crippen molar-refractivity contribution in [3.05, 3.63) is 29.8 Å². The van der Waals surface area contributed by atoms with E-state index in [9.17, 15) is 13.2 Å². The quantitative estimate of drug-likeness (QED) is 0.823. The predicted molar refractivity (Wildman–Crippen MR) is 78.6 cm³/mol. The van der Waals surface area contributed by atoms with Crippen molar-refractivity contribution >= 4 is 15.7 Å². The second kappa shape index (κ2) is 6.55. The molecular weight excluding hydrogens is 292 g/mol. The number of carbonyl (C=O) groups is 1. The summed E-state index contributed by atoms with van der Waals surface area (Å²) < 4.78 is 28.1. The Morgan fingerprint density at radius 2 is 2.05 bits per heavy atom. The van der Waals surface area contributed by atoms with E-state index in [0.717, 1.165) is 5.56 Å². The normalized spacial score (nSPS) is 22.8. The molecule has 1 aliphatic rings. The molecule has 2 atom stereocenters. The minimum Gasteiger partial charge on any atom is -0.375 e. The summed E-state index contributed by atoms with van der Waals surface area (Å²) in [6.07, 6.45) is 1.01. The van der Waals surface area contributed by atoms with Gasteiger partial charge in [-0.2, -0.15) is 0 Å². The van der Waals surface area contributed by atoms with Crippen LogP contribution in [-0.4, -0.2) is 45.9 Å². The van der Waals surface area contributed by atoms with Crippen LogP contribution >= 0.6 is 0 Å². The van der Waals surface area contributed by atoms with Crippen molar-refractivity contribution in [2.45, 2.75) is 30.5 Å². The van der Waals surface area contributed by atoms with E-state index in [0.29, 0.717) is 19.7 Å². The Labute approximate surface area is 124 Å². The minimum absolute atomic E-state index is 0.116. The molecule has 1 amide bonds. The van der Waals surface area contributed by atoms with Gasteiger partial charge in [-0.3, -0.25) is 4.79 Å². The fraction of sp³-hybridized carbons (Fsp3) is 0.500. The lowest BCUT2D eigenvalue weighted by atomic mass is 10.1. The fourth-order valence-electron chi connectivity index (χ4n) is 2.18. The van der Waals surface area contributed by atoms with Gasteiger partial charge in [-0.15, -0.1) is 0 Å². The molecule has 2 N–H and O–H groups in total. The SMILES string of the molecule is C[C@H]1OCCN[C@@H]1C(=O)NCc1ccc(S(C)(=O)=O)cc1. The van der Waals surface area contributed by atoms with Crippen LogP contribution in [0.15, 0.2) is 29.2 Å². The van der Waals surface area contributed by atoms with Gasteiger partial charge in [0.05, 0.1) is 17.6 Å². The van der Waals surface area contributed by atoms with Gasteiger partial charge in [0, 0.05) is 19.3 Å². The molecular formula is C14H20N2O4S. The highest BCUT2D eigenvalue weighted by Gasteiger charge is 2.27. The summed E-state index contributed by atoms with van der Waals surface area (Å²) in [5.41, 5.74) is 0.847. The summed E-state index contributed by atoms with van der Waals surface area (Å²) in [6, 6.07) is 6.13. The summed E-state index contributed by atoms with van der Waals surface area (Å²) in [5.74, 6) is -0.116. The molecule has 1 saturated heterocycles. The largest absolute Gasteiger partial charge is 0.375 e. The van der Waals surface area contributed by atoms with Gasteiger partial charge < -0.3 is 15.4 Å². The van der Waals surface area contributed by atoms with Crippen molar-refractivity contribution < 1.29 is 17.9 Å². The number of morpholine rings is 1. The minimum atomic E-state index is -3.19. The lowest BCUT2D eigenvalue weighted by Gasteiger charge is -2.29. The fourth-order valence-corrected chi connectivity index (χ4v) is 2.81. The van der Waals surface area contributed by atoms with Crippen molar-refractivity contribution in [1.29, 1.82) is 0 Å². The number of nitrogens with one attached hydrogen (secondary N) is 2. The van der Waals surface area contributed by atoms with Crippen LogP contribution in [0.2, 0.25) is 0 Å². The Morgan fingerprint density at radius 3 is 2.62 bits per heavy atom. The average Bonchev–Trinajstić information content (AvgIpc) is 2.45. The first-order valence-electron chi connectivity index (χ1n) is 6.79. The Bertz CT molecular complexity index is 598. The van der Waals surface area contributed by atoms with E-state index in [1.807, 2.05) is 6.92 Å². The molecule has 0 aromatic heterocycles. The third kappa shape index (κ3) is 4.26. The molecule has 0 spiro atoms. The number of benzene rings is 1. The molecule has 21 heavy (non-hydrogen) atoms. The van der Waals surface area contributed by atoms with Crippen molar-refractivity contribution in [2.24, 2.45) is 0 Å². The second-order valence-electron chi connectivity index (χ2n) is 5.14. The van der Waals surface area contributed by atoms with E-state index in [1.54, 1.807) is 24.3 Å². The molecule has 1 aromatic carbocycles. The standard InChI is InChI=1S/C14H20N2O4S/c1-10-13(15-7-8-20-10)14(17)16-9-11-3-5-12(6-4-11)21(2,18)19/h3-6,10,13,15H,7-9H2,1-2H3,(H,16,17)/t10-,13+/m1/s1. The summed E-state index contributed by atoms with van der Waals surface area (Å²) in [7, 11) is -3.19. The molecule has 6 nitrogen and oxygen atoms in total. The number of ether oxygens (including phenoxy) is 1. The highest BCUT2D eigenvalue weighted by Crippen LogP contribution is 2.10. The number of hydrogen-bond donors (Lipinski definition) is 2. The lowest BCUT2D eigenvalue weighted by molar-refractivity contribution is -0.129. The van der Waals surface area contributed by atoms with Crippen molar-refractivity contribution in [2.75, 3.05) is 19.4 Å². The Balaban J connectivity index is 1.92. The number of rotatable bonds is 4. The molecule has 1 fully saturated rings. The van der Waals surface area contributed by atoms with Crippen molar-refractivity contribution in [1.82, 2.24) is 10.6 Å². The van der Waals surface area contributed by atoms with Gasteiger partial charge in [0.25, 0.3) is 0 Å². The van der Waals surface area contributed by atoms with Crippen LogP contribution in [0.4, 0.5) is 0 Å². The first-order chi connectivity index (χ1) is 9.88. The van der Waals surface area contributed by atoms with E-state index >= 15 is 0 Å². The van der Waals surface area contributed by atoms with Gasteiger partial charge >= 0.3 is 0 Å². The zero-order valence-corrected chi connectivity index (χ0v) is 12.9. The van der Waals surface area contributed by atoms with E-state index < -0.39 is 9.84 Å². The third-order valence-corrected chi connectivity index (χ3v) is 4.55. The van der Waals surface area contributed by atoms with Crippen LogP contribution in [0, 0.1) is 0 Å². The maximum absolute atomic E-state index is 12.1. The molecule has 1 aliphatic heterocycles. The van der Waals surface area contributed by atoms with Crippen LogP contribution in [-0.2, 0) is 25.9 Å². The van der Waals surface area contributed by atoms with Crippen LogP contribution in [0.1, 0.15) is 12.5 Å². The Hall–Kier alpha value is -1.44. The molecule has 116 valence electrons. The topological polar surface area (TPSA) is 84.5 Å². The highest BCUT2D eigenvalue weighted by molar-refractivity contribution is 7.90. The van der Waals surface area contributed by atoms with Gasteiger partial charge in [0.2, 0.25) is 5.91 Å². The maximum atomic E-state index is 12.1. The molecule has 1 aromatic rings. The van der Waals surface area contributed by atoms with E-state index in [4.69, 9.17) is 4.74 Å². The first kappa shape index (κ1) is 15.9. The molecule has 7 heteroatoms. The van der Waals surface area contributed by atoms with Gasteiger partial charge in [-0.25, -0.2) is 8.42 Å². The Morgan fingerprint density at radius 1 is 1.38 bits per heavy atom. The molecule has 2 rings (SSSR count). The van der Waals surface area contributed by atoms with Crippen molar-refractivity contribution in [3.8, 4) is 0 Å². The summed E-state index contributed by atoms with van der Waals surface area (Å²) >= 11 is 0. The zero-order valence-electron chi connectivity index (χ0n) is 12.1. The zero-order chi connectivity index (χ0) is 15.5. The molecule has 0 radical (unpaired) electrons. The van der Waals surface area contributed by atoms with E-state index in [1.165, 1.54) is 6.26 Å². The molecule has 0 saturated carbocycles. The average molecular weight is 312 g/mol. The van der Waals surface area contributed by atoms with E-state index in [-0.39, 0.29) is 22.9 Å². The van der Waals surface area contributed by atoms with Crippen LogP contribution < -0.4 is 10.6 Å². The predicted octanol–water partition coefficient (Wildman–Crippen LogP) is 0.0832. The highest BCUT2D eigenvalue weighted by atomic mass is 32.2. The lowest BCUT2D eigenvalue weighted by Crippen LogP contribution is -2.55. The van der Waals surface area contributed by atoms with Crippen LogP contribution in [0.3, 0.4) is 0 Å². The molecule has 0 aliphatic carbocycles. The second-order valence-corrected chi connectivity index (χ2v) is 7.16. The number of amides is 1. The van der Waals surface area contributed by atoms with Crippen LogP contribution in [0.25, 0.3) is 0 Å². The summed E-state index contributed by atoms with van der Waals surface area (Å²) in [6.45, 7) is 3.48. The third-order valence-electron chi connectivity index (χ3n) is 3.42.